The molecule has 1 aromatic heterocycles. The van der Waals surface area contributed by atoms with E-state index >= 15 is 0 Å². The number of rotatable bonds is 5. The van der Waals surface area contributed by atoms with E-state index in [0.717, 1.165) is 0 Å². The third-order valence-corrected chi connectivity index (χ3v) is 1.80. The molecule has 0 unspecified atom stereocenters. The first kappa shape index (κ1) is 12.3. The lowest BCUT2D eigenvalue weighted by molar-refractivity contribution is -0.174. The van der Waals surface area contributed by atoms with Gasteiger partial charge in [-0.15, -0.1) is 21.8 Å². The number of halogens is 4. The highest BCUT2D eigenvalue weighted by atomic mass is 35.5. The summed E-state index contributed by atoms with van der Waals surface area (Å²) in [4.78, 5) is 0. The molecule has 0 aromatic carbocycles. The van der Waals surface area contributed by atoms with Crippen LogP contribution in [0, 0.1) is 0 Å². The van der Waals surface area contributed by atoms with Crippen LogP contribution < -0.4 is 0 Å². The summed E-state index contributed by atoms with van der Waals surface area (Å²) in [7, 11) is 0. The molecule has 0 aliphatic carbocycles. The third kappa shape index (κ3) is 4.48. The van der Waals surface area contributed by atoms with Crippen LogP contribution in [0.1, 0.15) is 5.82 Å². The zero-order chi connectivity index (χ0) is 11.3. The number of hydrogen-bond donors (Lipinski definition) is 0. The topological polar surface area (TPSA) is 39.9 Å². The molecule has 0 aliphatic rings. The average molecular weight is 244 g/mol. The molecular weight excluding hydrogens is 235 g/mol. The second kappa shape index (κ2) is 5.32. The normalized spacial score (nSPS) is 12.0. The Morgan fingerprint density at radius 2 is 2.20 bits per heavy atom. The fourth-order valence-electron chi connectivity index (χ4n) is 0.920. The van der Waals surface area contributed by atoms with Crippen molar-refractivity contribution in [3.63, 3.8) is 0 Å². The van der Waals surface area contributed by atoms with Gasteiger partial charge in [-0.05, 0) is 0 Å². The Labute approximate surface area is 89.0 Å². The van der Waals surface area contributed by atoms with Gasteiger partial charge < -0.3 is 9.30 Å². The van der Waals surface area contributed by atoms with E-state index in [2.05, 4.69) is 14.9 Å². The molecule has 0 N–H and O–H groups in total. The zero-order valence-corrected chi connectivity index (χ0v) is 8.42. The molecule has 0 saturated carbocycles. The van der Waals surface area contributed by atoms with E-state index in [0.29, 0.717) is 5.82 Å². The highest BCUT2D eigenvalue weighted by Crippen LogP contribution is 2.14. The summed E-state index contributed by atoms with van der Waals surface area (Å²) in [6.07, 6.45) is -2.89. The van der Waals surface area contributed by atoms with Crippen LogP contribution in [-0.2, 0) is 17.2 Å². The second-order valence-corrected chi connectivity index (χ2v) is 3.01. The van der Waals surface area contributed by atoms with Crippen LogP contribution in [-0.4, -0.2) is 34.2 Å². The SMILES string of the molecule is FC(F)(F)COCCn1cnnc1CCl. The van der Waals surface area contributed by atoms with Gasteiger partial charge in [0.05, 0.1) is 12.5 Å². The van der Waals surface area contributed by atoms with Crippen molar-refractivity contribution in [2.24, 2.45) is 0 Å². The number of alkyl halides is 4. The molecule has 0 bridgehead atoms. The molecule has 0 atom stereocenters. The van der Waals surface area contributed by atoms with Gasteiger partial charge in [-0.2, -0.15) is 13.2 Å². The van der Waals surface area contributed by atoms with E-state index in [4.69, 9.17) is 11.6 Å². The third-order valence-electron chi connectivity index (χ3n) is 1.56. The molecule has 0 fully saturated rings. The van der Waals surface area contributed by atoms with Crippen molar-refractivity contribution in [2.75, 3.05) is 13.2 Å². The summed E-state index contributed by atoms with van der Waals surface area (Å²) < 4.78 is 41.0. The Morgan fingerprint density at radius 1 is 1.47 bits per heavy atom. The molecule has 8 heteroatoms. The minimum Gasteiger partial charge on any atom is -0.370 e. The predicted molar refractivity (Wildman–Crippen MR) is 46.5 cm³/mol. The molecular formula is C7H9ClF3N3O. The molecule has 1 aromatic rings. The first-order valence-electron chi connectivity index (χ1n) is 4.10. The summed E-state index contributed by atoms with van der Waals surface area (Å²) in [5.74, 6) is 0.673. The quantitative estimate of drug-likeness (QED) is 0.583. The number of ether oxygens (including phenoxy) is 1. The van der Waals surface area contributed by atoms with Gasteiger partial charge in [0.25, 0.3) is 0 Å². The molecule has 86 valence electrons. The molecule has 1 heterocycles. The lowest BCUT2D eigenvalue weighted by Gasteiger charge is -2.08. The van der Waals surface area contributed by atoms with Crippen molar-refractivity contribution in [1.29, 1.82) is 0 Å². The fraction of sp³-hybridized carbons (Fsp3) is 0.714. The molecule has 0 aliphatic heterocycles. The van der Waals surface area contributed by atoms with E-state index in [1.807, 2.05) is 0 Å². The van der Waals surface area contributed by atoms with Gasteiger partial charge in [-0.25, -0.2) is 0 Å². The molecule has 0 radical (unpaired) electrons. The van der Waals surface area contributed by atoms with Gasteiger partial charge in [0.15, 0.2) is 0 Å². The number of aromatic nitrogens is 3. The first-order valence-corrected chi connectivity index (χ1v) is 4.63. The van der Waals surface area contributed by atoms with Crippen LogP contribution in [0.15, 0.2) is 6.33 Å². The van der Waals surface area contributed by atoms with Gasteiger partial charge in [-0.1, -0.05) is 0 Å². The number of nitrogens with zero attached hydrogens (tertiary/aromatic N) is 3. The van der Waals surface area contributed by atoms with Crippen molar-refractivity contribution in [3.05, 3.63) is 12.2 Å². The van der Waals surface area contributed by atoms with Crippen molar-refractivity contribution < 1.29 is 17.9 Å². The molecule has 0 amide bonds. The Morgan fingerprint density at radius 3 is 2.80 bits per heavy atom. The fourth-order valence-corrected chi connectivity index (χ4v) is 1.13. The Hall–Kier alpha value is -0.820. The van der Waals surface area contributed by atoms with Crippen molar-refractivity contribution >= 4 is 11.6 Å². The summed E-state index contributed by atoms with van der Waals surface area (Å²) in [5.41, 5.74) is 0. The highest BCUT2D eigenvalue weighted by Gasteiger charge is 2.27. The smallest absolute Gasteiger partial charge is 0.370 e. The van der Waals surface area contributed by atoms with Crippen molar-refractivity contribution in [1.82, 2.24) is 14.8 Å². The summed E-state index contributed by atoms with van der Waals surface area (Å²) >= 11 is 5.51. The lowest BCUT2D eigenvalue weighted by Crippen LogP contribution is -2.19. The Balaban J connectivity index is 2.26. The largest absolute Gasteiger partial charge is 0.411 e. The molecule has 0 spiro atoms. The van der Waals surface area contributed by atoms with Gasteiger partial charge in [0, 0.05) is 6.54 Å². The van der Waals surface area contributed by atoms with Crippen molar-refractivity contribution in [3.8, 4) is 0 Å². The van der Waals surface area contributed by atoms with E-state index in [1.165, 1.54) is 6.33 Å². The van der Waals surface area contributed by atoms with Crippen LogP contribution in [0.3, 0.4) is 0 Å². The highest BCUT2D eigenvalue weighted by molar-refractivity contribution is 6.16. The minimum absolute atomic E-state index is 0.0541. The second-order valence-electron chi connectivity index (χ2n) is 2.74. The maximum atomic E-state index is 11.7. The molecule has 4 nitrogen and oxygen atoms in total. The van der Waals surface area contributed by atoms with Gasteiger partial charge in [0.1, 0.15) is 18.8 Å². The first-order chi connectivity index (χ1) is 7.03. The summed E-state index contributed by atoms with van der Waals surface area (Å²) in [6, 6.07) is 0. The van der Waals surface area contributed by atoms with Gasteiger partial charge >= 0.3 is 6.18 Å². The molecule has 0 saturated heterocycles. The van der Waals surface area contributed by atoms with E-state index in [1.54, 1.807) is 4.57 Å². The Bertz CT molecular complexity index is 302. The van der Waals surface area contributed by atoms with E-state index in [9.17, 15) is 13.2 Å². The minimum atomic E-state index is -4.29. The van der Waals surface area contributed by atoms with E-state index in [-0.39, 0.29) is 19.0 Å². The van der Waals surface area contributed by atoms with Crippen LogP contribution in [0.25, 0.3) is 0 Å². The van der Waals surface area contributed by atoms with Crippen LogP contribution in [0.2, 0.25) is 0 Å². The van der Waals surface area contributed by atoms with Crippen molar-refractivity contribution in [2.45, 2.75) is 18.6 Å². The number of hydrogen-bond acceptors (Lipinski definition) is 3. The maximum absolute atomic E-state index is 11.7. The Kier molecular flexibility index (Phi) is 4.34. The lowest BCUT2D eigenvalue weighted by atomic mass is 10.6. The van der Waals surface area contributed by atoms with Crippen LogP contribution in [0.4, 0.5) is 13.2 Å². The zero-order valence-electron chi connectivity index (χ0n) is 7.67. The predicted octanol–water partition coefficient (Wildman–Crippen LogP) is 1.60. The van der Waals surface area contributed by atoms with Crippen LogP contribution in [0.5, 0.6) is 0 Å². The average Bonchev–Trinajstić information content (AvgIpc) is 2.58. The summed E-state index contributed by atoms with van der Waals surface area (Å²) in [6.45, 7) is -1.04. The van der Waals surface area contributed by atoms with E-state index < -0.39 is 12.8 Å². The standard InChI is InChI=1S/C7H9ClF3N3O/c8-3-6-13-12-5-14(6)1-2-15-4-7(9,10)11/h5H,1-4H2. The van der Waals surface area contributed by atoms with Gasteiger partial charge in [0.2, 0.25) is 0 Å². The van der Waals surface area contributed by atoms with Crippen LogP contribution >= 0.6 is 11.6 Å². The molecule has 15 heavy (non-hydrogen) atoms. The summed E-state index contributed by atoms with van der Waals surface area (Å²) in [5, 5.41) is 7.24. The monoisotopic (exact) mass is 243 g/mol. The molecule has 1 rings (SSSR count). The van der Waals surface area contributed by atoms with Gasteiger partial charge in [-0.3, -0.25) is 0 Å². The maximum Gasteiger partial charge on any atom is 0.411 e.